The summed E-state index contributed by atoms with van der Waals surface area (Å²) in [6, 6.07) is 7.60. The number of hydrogen-bond acceptors (Lipinski definition) is 3. The van der Waals surface area contributed by atoms with E-state index in [4.69, 9.17) is 16.3 Å². The molecule has 1 saturated heterocycles. The number of rotatable bonds is 3. The van der Waals surface area contributed by atoms with Crippen molar-refractivity contribution in [3.05, 3.63) is 29.3 Å². The summed E-state index contributed by atoms with van der Waals surface area (Å²) in [5, 5.41) is 3.28. The van der Waals surface area contributed by atoms with Crippen molar-refractivity contribution in [2.75, 3.05) is 18.4 Å². The van der Waals surface area contributed by atoms with Gasteiger partial charge in [-0.25, -0.2) is 4.79 Å². The summed E-state index contributed by atoms with van der Waals surface area (Å²) in [6.45, 7) is 2.27. The highest BCUT2D eigenvalue weighted by molar-refractivity contribution is 6.33. The van der Waals surface area contributed by atoms with Crippen molar-refractivity contribution in [3.63, 3.8) is 0 Å². The molecule has 120 valence electrons. The second-order valence-electron chi connectivity index (χ2n) is 6.14. The minimum atomic E-state index is -0.399. The molecular weight excluding hydrogens is 300 g/mol. The molecule has 0 bridgehead atoms. The summed E-state index contributed by atoms with van der Waals surface area (Å²) >= 11 is 6.06. The van der Waals surface area contributed by atoms with Gasteiger partial charge in [0.25, 0.3) is 0 Å². The summed E-state index contributed by atoms with van der Waals surface area (Å²) < 4.78 is 5.72. The molecule has 2 fully saturated rings. The molecule has 3 rings (SSSR count). The van der Waals surface area contributed by atoms with Crippen LogP contribution in [0, 0.1) is 0 Å². The van der Waals surface area contributed by atoms with E-state index >= 15 is 0 Å². The van der Waals surface area contributed by atoms with Crippen molar-refractivity contribution in [3.8, 4) is 0 Å². The highest BCUT2D eigenvalue weighted by Crippen LogP contribution is 2.29. The van der Waals surface area contributed by atoms with Crippen LogP contribution in [0.2, 0.25) is 5.02 Å². The Labute approximate surface area is 136 Å². The highest BCUT2D eigenvalue weighted by atomic mass is 35.5. The van der Waals surface area contributed by atoms with E-state index in [1.165, 1.54) is 19.3 Å². The van der Waals surface area contributed by atoms with Gasteiger partial charge in [-0.2, -0.15) is 0 Å². The van der Waals surface area contributed by atoms with Crippen LogP contribution in [0.15, 0.2) is 24.3 Å². The maximum atomic E-state index is 12.2. The molecule has 1 aromatic rings. The summed E-state index contributed by atoms with van der Waals surface area (Å²) in [5.74, 6) is 0. The van der Waals surface area contributed by atoms with Crippen molar-refractivity contribution < 1.29 is 9.53 Å². The van der Waals surface area contributed by atoms with Gasteiger partial charge in [0.2, 0.25) is 0 Å². The number of carbonyl (C=O) groups excluding carboxylic acids is 1. The Kier molecular flexibility index (Phi) is 5.21. The van der Waals surface area contributed by atoms with Crippen LogP contribution in [-0.4, -0.2) is 36.2 Å². The number of anilines is 1. The Bertz CT molecular complexity index is 517. The fourth-order valence-corrected chi connectivity index (χ4v) is 3.73. The summed E-state index contributed by atoms with van der Waals surface area (Å²) in [7, 11) is 0. The number of nitrogens with one attached hydrogen (secondary N) is 1. The van der Waals surface area contributed by atoms with E-state index in [-0.39, 0.29) is 6.10 Å². The molecule has 0 aromatic heterocycles. The predicted octanol–water partition coefficient (Wildman–Crippen LogP) is 4.30. The average molecular weight is 323 g/mol. The average Bonchev–Trinajstić information content (AvgIpc) is 3.04. The Morgan fingerprint density at radius 3 is 2.64 bits per heavy atom. The molecule has 2 atom stereocenters. The first-order chi connectivity index (χ1) is 10.7. The topological polar surface area (TPSA) is 41.6 Å². The molecule has 5 heteroatoms. The largest absolute Gasteiger partial charge is 0.444 e. The molecule has 0 spiro atoms. The summed E-state index contributed by atoms with van der Waals surface area (Å²) in [6.07, 6.45) is 6.56. The second kappa shape index (κ2) is 7.34. The molecule has 1 N–H and O–H groups in total. The van der Waals surface area contributed by atoms with Gasteiger partial charge in [-0.05, 0) is 57.3 Å². The number of nitrogens with zero attached hydrogens (tertiary/aromatic N) is 1. The standard InChI is InChI=1S/C17H23ClN2O2/c18-13-7-1-2-8-14(13)19-17(21)22-16-10-4-3-9-15(16)20-11-5-6-12-20/h1-2,7-8,15-16H,3-6,9-12H2,(H,19,21). The SMILES string of the molecule is O=C(Nc1ccccc1Cl)OC1CCCCC1N1CCCC1. The van der Waals surface area contributed by atoms with Crippen molar-refractivity contribution in [1.82, 2.24) is 4.90 Å². The molecule has 2 aliphatic rings. The third-order valence-corrected chi connectivity index (χ3v) is 4.98. The molecule has 1 heterocycles. The predicted molar refractivity (Wildman–Crippen MR) is 88.4 cm³/mol. The van der Waals surface area contributed by atoms with Crippen molar-refractivity contribution in [1.29, 1.82) is 0 Å². The molecule has 1 saturated carbocycles. The lowest BCUT2D eigenvalue weighted by atomic mass is 9.91. The minimum absolute atomic E-state index is 0.00524. The molecule has 1 amide bonds. The second-order valence-corrected chi connectivity index (χ2v) is 6.55. The number of amides is 1. The van der Waals surface area contributed by atoms with Crippen LogP contribution >= 0.6 is 11.6 Å². The van der Waals surface area contributed by atoms with E-state index < -0.39 is 6.09 Å². The van der Waals surface area contributed by atoms with E-state index in [0.717, 1.165) is 32.4 Å². The molecule has 4 nitrogen and oxygen atoms in total. The summed E-state index contributed by atoms with van der Waals surface area (Å²) in [5.41, 5.74) is 0.600. The van der Waals surface area contributed by atoms with Crippen LogP contribution < -0.4 is 5.32 Å². The third kappa shape index (κ3) is 3.73. The quantitative estimate of drug-likeness (QED) is 0.902. The zero-order valence-corrected chi connectivity index (χ0v) is 13.5. The van der Waals surface area contributed by atoms with Crippen LogP contribution in [0.1, 0.15) is 38.5 Å². The lowest BCUT2D eigenvalue weighted by molar-refractivity contribution is 0.0176. The number of hydrogen-bond donors (Lipinski definition) is 1. The lowest BCUT2D eigenvalue weighted by Gasteiger charge is -2.37. The molecule has 22 heavy (non-hydrogen) atoms. The number of ether oxygens (including phenoxy) is 1. The first-order valence-electron chi connectivity index (χ1n) is 8.20. The van der Waals surface area contributed by atoms with Gasteiger partial charge in [-0.15, -0.1) is 0 Å². The van der Waals surface area contributed by atoms with E-state index in [9.17, 15) is 4.79 Å². The molecule has 2 unspecified atom stereocenters. The van der Waals surface area contributed by atoms with Crippen molar-refractivity contribution >= 4 is 23.4 Å². The van der Waals surface area contributed by atoms with Crippen LogP contribution in [0.3, 0.4) is 0 Å². The van der Waals surface area contributed by atoms with Gasteiger partial charge in [0.05, 0.1) is 10.7 Å². The Hall–Kier alpha value is -1.26. The van der Waals surface area contributed by atoms with Gasteiger partial charge in [-0.3, -0.25) is 10.2 Å². The van der Waals surface area contributed by atoms with E-state index in [1.54, 1.807) is 12.1 Å². The minimum Gasteiger partial charge on any atom is -0.444 e. The fourth-order valence-electron chi connectivity index (χ4n) is 3.55. The first kappa shape index (κ1) is 15.6. The number of benzene rings is 1. The molecule has 1 aromatic carbocycles. The molecule has 0 radical (unpaired) electrons. The van der Waals surface area contributed by atoms with Crippen molar-refractivity contribution in [2.24, 2.45) is 0 Å². The maximum absolute atomic E-state index is 12.2. The van der Waals surface area contributed by atoms with Gasteiger partial charge >= 0.3 is 6.09 Å². The first-order valence-corrected chi connectivity index (χ1v) is 8.58. The van der Waals surface area contributed by atoms with E-state index in [1.807, 2.05) is 12.1 Å². The van der Waals surface area contributed by atoms with Gasteiger partial charge in [-0.1, -0.05) is 30.2 Å². The van der Waals surface area contributed by atoms with Crippen LogP contribution in [-0.2, 0) is 4.74 Å². The van der Waals surface area contributed by atoms with E-state index in [0.29, 0.717) is 16.8 Å². The van der Waals surface area contributed by atoms with Gasteiger partial charge < -0.3 is 4.74 Å². The number of likely N-dealkylation sites (tertiary alicyclic amines) is 1. The Morgan fingerprint density at radius 2 is 1.86 bits per heavy atom. The van der Waals surface area contributed by atoms with E-state index in [2.05, 4.69) is 10.2 Å². The smallest absolute Gasteiger partial charge is 0.411 e. The van der Waals surface area contributed by atoms with Crippen LogP contribution in [0.4, 0.5) is 10.5 Å². The molecular formula is C17H23ClN2O2. The van der Waals surface area contributed by atoms with Gasteiger partial charge in [0.1, 0.15) is 6.10 Å². The third-order valence-electron chi connectivity index (χ3n) is 4.65. The fraction of sp³-hybridized carbons (Fsp3) is 0.588. The van der Waals surface area contributed by atoms with Crippen LogP contribution in [0.25, 0.3) is 0 Å². The normalized spacial score (nSPS) is 25.9. The van der Waals surface area contributed by atoms with Gasteiger partial charge in [0.15, 0.2) is 0 Å². The Balaban J connectivity index is 1.60. The summed E-state index contributed by atoms with van der Waals surface area (Å²) in [4.78, 5) is 14.7. The van der Waals surface area contributed by atoms with Gasteiger partial charge in [0, 0.05) is 6.04 Å². The number of carbonyl (C=O) groups is 1. The zero-order chi connectivity index (χ0) is 15.4. The van der Waals surface area contributed by atoms with Crippen LogP contribution in [0.5, 0.6) is 0 Å². The Morgan fingerprint density at radius 1 is 1.14 bits per heavy atom. The molecule has 1 aliphatic carbocycles. The monoisotopic (exact) mass is 322 g/mol. The lowest BCUT2D eigenvalue weighted by Crippen LogP contribution is -2.46. The molecule has 1 aliphatic heterocycles. The maximum Gasteiger partial charge on any atom is 0.411 e. The number of para-hydroxylation sites is 1. The highest BCUT2D eigenvalue weighted by Gasteiger charge is 2.34. The zero-order valence-electron chi connectivity index (χ0n) is 12.8. The number of halogens is 1. The van der Waals surface area contributed by atoms with Crippen molar-refractivity contribution in [2.45, 2.75) is 50.7 Å².